The van der Waals surface area contributed by atoms with Crippen LogP contribution in [0.25, 0.3) is 39.4 Å². The number of hydrogen-bond acceptors (Lipinski definition) is 4. The molecule has 5 aliphatic rings. The highest BCUT2D eigenvalue weighted by Crippen LogP contribution is 2.61. The van der Waals surface area contributed by atoms with Crippen LogP contribution < -0.4 is 0 Å². The predicted molar refractivity (Wildman–Crippen MR) is 206 cm³/mol. The molecule has 0 bridgehead atoms. The molecule has 0 N–H and O–H groups in total. The van der Waals surface area contributed by atoms with Crippen molar-refractivity contribution in [2.24, 2.45) is 17.8 Å². The Morgan fingerprint density at radius 2 is 1.39 bits per heavy atom. The van der Waals surface area contributed by atoms with Gasteiger partial charge < -0.3 is 9.47 Å². The molecule has 5 atom stereocenters. The van der Waals surface area contributed by atoms with E-state index >= 15 is 0 Å². The summed E-state index contributed by atoms with van der Waals surface area (Å²) in [5.74, 6) is 3.26. The molecule has 1 aliphatic heterocycles. The number of nitrogens with zero attached hydrogens (tertiary/aromatic N) is 5. The van der Waals surface area contributed by atoms with Crippen LogP contribution in [0.4, 0.5) is 0 Å². The third-order valence-corrected chi connectivity index (χ3v) is 11.6. The van der Waals surface area contributed by atoms with E-state index in [9.17, 15) is 0 Å². The van der Waals surface area contributed by atoms with Crippen molar-refractivity contribution in [2.45, 2.75) is 38.3 Å². The monoisotopic (exact) mass is 661 g/mol. The van der Waals surface area contributed by atoms with E-state index in [1.165, 1.54) is 39.1 Å². The molecule has 248 valence electrons. The minimum atomic E-state index is -0.235. The summed E-state index contributed by atoms with van der Waals surface area (Å²) in [4.78, 5) is 18.1. The quantitative estimate of drug-likeness (QED) is 0.188. The van der Waals surface area contributed by atoms with Crippen molar-refractivity contribution in [3.63, 3.8) is 0 Å². The molecule has 0 saturated heterocycles. The van der Waals surface area contributed by atoms with Crippen molar-refractivity contribution >= 4 is 16.6 Å². The van der Waals surface area contributed by atoms with Gasteiger partial charge in [-0.1, -0.05) is 147 Å². The SMILES string of the molecule is CC1CC=CC=C1N1C2=C(C3C=CC=CC3c3c2n(Cc2nc(-c4ccccc4)nc(-c4ccccc4)n2)c2ccccc32)C2C=CC=CC21C. The first kappa shape index (κ1) is 30.1. The van der Waals surface area contributed by atoms with Gasteiger partial charge in [-0.3, -0.25) is 0 Å². The topological polar surface area (TPSA) is 46.8 Å². The molecular weight excluding hydrogens is 623 g/mol. The fourth-order valence-electron chi connectivity index (χ4n) is 9.25. The maximum atomic E-state index is 5.19. The summed E-state index contributed by atoms with van der Waals surface area (Å²) in [7, 11) is 0. The number of allylic oxidation sites excluding steroid dienone is 10. The van der Waals surface area contributed by atoms with Crippen molar-refractivity contribution in [1.82, 2.24) is 24.4 Å². The molecular formula is C46H39N5. The van der Waals surface area contributed by atoms with Gasteiger partial charge in [-0.25, -0.2) is 15.0 Å². The highest BCUT2D eigenvalue weighted by Gasteiger charge is 2.55. The molecule has 5 unspecified atom stereocenters. The fourth-order valence-corrected chi connectivity index (χ4v) is 9.25. The van der Waals surface area contributed by atoms with Gasteiger partial charge in [-0.2, -0.15) is 0 Å². The molecule has 10 rings (SSSR count). The molecule has 51 heavy (non-hydrogen) atoms. The summed E-state index contributed by atoms with van der Waals surface area (Å²) in [6.45, 7) is 5.33. The standard InChI is InChI=1S/C46H39N5/c1-30-17-9-13-26-37(30)51-43-41(36-25-15-16-28-46(36,51)2)34-23-11-10-22-33(34)40-35-24-12-14-27-38(35)50(42(40)43)29-39-47-44(31-18-5-3-6-19-31)49-45(48-39)32-20-7-4-8-21-32/h3-16,18-28,30,33-34,36H,17,29H2,1-2H3. The lowest BCUT2D eigenvalue weighted by molar-refractivity contribution is 0.243. The zero-order valence-electron chi connectivity index (χ0n) is 28.9. The normalized spacial score (nSPS) is 25.5. The van der Waals surface area contributed by atoms with Gasteiger partial charge in [0.1, 0.15) is 0 Å². The third kappa shape index (κ3) is 4.57. The van der Waals surface area contributed by atoms with Crippen molar-refractivity contribution in [3.05, 3.63) is 180 Å². The lowest BCUT2D eigenvalue weighted by Crippen LogP contribution is -2.45. The van der Waals surface area contributed by atoms with E-state index in [2.05, 4.69) is 139 Å². The summed E-state index contributed by atoms with van der Waals surface area (Å²) in [6, 6.07) is 29.5. The summed E-state index contributed by atoms with van der Waals surface area (Å²) in [6.07, 6.45) is 26.7. The number of benzene rings is 3. The molecule has 0 spiro atoms. The van der Waals surface area contributed by atoms with E-state index in [1.807, 2.05) is 36.4 Å². The van der Waals surface area contributed by atoms with E-state index in [1.54, 1.807) is 0 Å². The Labute approximate surface area is 299 Å². The maximum absolute atomic E-state index is 5.19. The van der Waals surface area contributed by atoms with Crippen LogP contribution in [0.15, 0.2) is 163 Å². The van der Waals surface area contributed by atoms with Crippen molar-refractivity contribution < 1.29 is 0 Å². The highest BCUT2D eigenvalue weighted by molar-refractivity contribution is 5.95. The van der Waals surface area contributed by atoms with Gasteiger partial charge in [0.05, 0.1) is 23.5 Å². The van der Waals surface area contributed by atoms with Crippen LogP contribution in [0.2, 0.25) is 0 Å². The molecule has 2 aromatic heterocycles. The fraction of sp³-hybridized carbons (Fsp3) is 0.196. The van der Waals surface area contributed by atoms with Gasteiger partial charge >= 0.3 is 0 Å². The zero-order chi connectivity index (χ0) is 34.1. The van der Waals surface area contributed by atoms with Gasteiger partial charge in [-0.15, -0.1) is 0 Å². The maximum Gasteiger partial charge on any atom is 0.163 e. The smallest absolute Gasteiger partial charge is 0.163 e. The second-order valence-electron chi connectivity index (χ2n) is 14.6. The Bertz CT molecular complexity index is 2360. The minimum absolute atomic E-state index is 0.231. The average Bonchev–Trinajstić information content (AvgIpc) is 3.65. The van der Waals surface area contributed by atoms with E-state index < -0.39 is 0 Å². The lowest BCUT2D eigenvalue weighted by Gasteiger charge is -2.44. The third-order valence-electron chi connectivity index (χ3n) is 11.6. The molecule has 5 aromatic rings. The molecule has 5 heteroatoms. The van der Waals surface area contributed by atoms with Crippen LogP contribution in [0.3, 0.4) is 0 Å². The van der Waals surface area contributed by atoms with Crippen LogP contribution in [-0.4, -0.2) is 30.0 Å². The van der Waals surface area contributed by atoms with E-state index in [-0.39, 0.29) is 23.3 Å². The van der Waals surface area contributed by atoms with E-state index in [4.69, 9.17) is 15.0 Å². The number of para-hydroxylation sites is 1. The van der Waals surface area contributed by atoms with Crippen molar-refractivity contribution in [2.75, 3.05) is 0 Å². The number of rotatable bonds is 5. The molecule has 3 aromatic carbocycles. The molecule has 5 nitrogen and oxygen atoms in total. The highest BCUT2D eigenvalue weighted by atomic mass is 15.3. The number of hydrogen-bond donors (Lipinski definition) is 0. The summed E-state index contributed by atoms with van der Waals surface area (Å²) in [5.41, 5.74) is 9.85. The Balaban J connectivity index is 1.25. The van der Waals surface area contributed by atoms with Crippen molar-refractivity contribution in [1.29, 1.82) is 0 Å². The van der Waals surface area contributed by atoms with Gasteiger partial charge in [0.25, 0.3) is 0 Å². The van der Waals surface area contributed by atoms with Crippen LogP contribution in [0.1, 0.15) is 43.3 Å². The van der Waals surface area contributed by atoms with E-state index in [0.717, 1.165) is 23.4 Å². The Kier molecular flexibility index (Phi) is 6.85. The van der Waals surface area contributed by atoms with Crippen LogP contribution in [0, 0.1) is 17.8 Å². The summed E-state index contributed by atoms with van der Waals surface area (Å²) < 4.78 is 2.52. The lowest BCUT2D eigenvalue weighted by atomic mass is 9.67. The van der Waals surface area contributed by atoms with Gasteiger partial charge in [0.2, 0.25) is 0 Å². The Morgan fingerprint density at radius 3 is 2.12 bits per heavy atom. The van der Waals surface area contributed by atoms with Crippen LogP contribution >= 0.6 is 0 Å². The first-order valence-corrected chi connectivity index (χ1v) is 18.2. The second-order valence-corrected chi connectivity index (χ2v) is 14.6. The van der Waals surface area contributed by atoms with Crippen molar-refractivity contribution in [3.8, 4) is 22.8 Å². The number of aromatic nitrogens is 4. The largest absolute Gasteiger partial charge is 0.333 e. The first-order chi connectivity index (χ1) is 25.1. The minimum Gasteiger partial charge on any atom is -0.333 e. The molecule has 0 radical (unpaired) electrons. The van der Waals surface area contributed by atoms with E-state index in [0.29, 0.717) is 24.1 Å². The molecule has 0 fully saturated rings. The summed E-state index contributed by atoms with van der Waals surface area (Å²) in [5, 5.41) is 1.30. The number of fused-ring (bicyclic) bond motifs is 9. The zero-order valence-corrected chi connectivity index (χ0v) is 28.9. The van der Waals surface area contributed by atoms with Crippen LogP contribution in [0.5, 0.6) is 0 Å². The van der Waals surface area contributed by atoms with Gasteiger partial charge in [-0.05, 0) is 42.5 Å². The Hall–Kier alpha value is -5.81. The molecule has 4 aliphatic carbocycles. The molecule has 0 amide bonds. The molecule has 0 saturated carbocycles. The van der Waals surface area contributed by atoms with Gasteiger partial charge in [0.15, 0.2) is 17.5 Å². The average molecular weight is 662 g/mol. The molecule has 3 heterocycles. The first-order valence-electron chi connectivity index (χ1n) is 18.2. The van der Waals surface area contributed by atoms with Crippen LogP contribution in [-0.2, 0) is 6.54 Å². The second kappa shape index (κ2) is 11.6. The predicted octanol–water partition coefficient (Wildman–Crippen LogP) is 10.1. The Morgan fingerprint density at radius 1 is 0.725 bits per heavy atom. The van der Waals surface area contributed by atoms with Gasteiger partial charge in [0, 0.05) is 45.5 Å². The summed E-state index contributed by atoms with van der Waals surface area (Å²) >= 11 is 0.